The van der Waals surface area contributed by atoms with Crippen LogP contribution in [0, 0.1) is 0 Å². The summed E-state index contributed by atoms with van der Waals surface area (Å²) in [7, 11) is -4.84. The SMILES string of the molecule is Nc1ccc([O-])c(C(=O)O)c1S(=O)(=O)O.[Na+]. The zero-order valence-electron chi connectivity index (χ0n) is 8.17. The molecule has 0 aliphatic carbocycles. The summed E-state index contributed by atoms with van der Waals surface area (Å²) in [5.74, 6) is -2.80. The molecule has 0 bridgehead atoms. The second kappa shape index (κ2) is 5.02. The minimum Gasteiger partial charge on any atom is -0.872 e. The van der Waals surface area contributed by atoms with E-state index >= 15 is 0 Å². The normalized spacial score (nSPS) is 10.6. The fourth-order valence-electron chi connectivity index (χ4n) is 1.06. The Balaban J connectivity index is 0.00000225. The van der Waals surface area contributed by atoms with Gasteiger partial charge >= 0.3 is 35.5 Å². The Kier molecular flexibility index (Phi) is 4.77. The third-order valence-corrected chi connectivity index (χ3v) is 2.58. The largest absolute Gasteiger partial charge is 1.00 e. The molecule has 0 aromatic heterocycles. The van der Waals surface area contributed by atoms with Crippen molar-refractivity contribution >= 4 is 21.8 Å². The smallest absolute Gasteiger partial charge is 0.872 e. The monoisotopic (exact) mass is 255 g/mol. The third kappa shape index (κ3) is 2.86. The van der Waals surface area contributed by atoms with Crippen molar-refractivity contribution in [3.63, 3.8) is 0 Å². The maximum atomic E-state index is 11.1. The molecule has 1 aromatic carbocycles. The first-order valence-corrected chi connectivity index (χ1v) is 4.99. The van der Waals surface area contributed by atoms with Gasteiger partial charge in [-0.3, -0.25) is 4.55 Å². The number of carboxylic acid groups (broad SMARTS) is 1. The Morgan fingerprint density at radius 3 is 2.19 bits per heavy atom. The van der Waals surface area contributed by atoms with Gasteiger partial charge in [-0.15, -0.1) is 0 Å². The quantitative estimate of drug-likeness (QED) is 0.280. The van der Waals surface area contributed by atoms with Crippen molar-refractivity contribution in [2.75, 3.05) is 5.73 Å². The molecule has 0 spiro atoms. The number of carbonyl (C=O) groups is 1. The van der Waals surface area contributed by atoms with Crippen LogP contribution in [0.4, 0.5) is 5.69 Å². The standard InChI is InChI=1S/C7H7NO6S.Na/c8-3-1-2-4(9)5(7(10)11)6(3)15(12,13)14;/h1-2,9H,8H2,(H,10,11)(H,12,13,14);/q;+1/p-1. The fraction of sp³-hybridized carbons (Fsp3) is 0. The van der Waals surface area contributed by atoms with E-state index in [0.29, 0.717) is 0 Å². The number of aromatic carboxylic acids is 1. The summed E-state index contributed by atoms with van der Waals surface area (Å²) >= 11 is 0. The molecule has 82 valence electrons. The van der Waals surface area contributed by atoms with Gasteiger partial charge in [0.25, 0.3) is 10.1 Å². The summed E-state index contributed by atoms with van der Waals surface area (Å²) in [6.07, 6.45) is 0. The fourth-order valence-corrected chi connectivity index (χ4v) is 1.87. The Morgan fingerprint density at radius 2 is 1.88 bits per heavy atom. The van der Waals surface area contributed by atoms with Crippen molar-refractivity contribution in [3.05, 3.63) is 17.7 Å². The van der Waals surface area contributed by atoms with Crippen molar-refractivity contribution in [2.24, 2.45) is 0 Å². The molecule has 0 radical (unpaired) electrons. The molecule has 16 heavy (non-hydrogen) atoms. The van der Waals surface area contributed by atoms with E-state index in [1.54, 1.807) is 0 Å². The number of anilines is 1. The summed E-state index contributed by atoms with van der Waals surface area (Å²) in [5, 5.41) is 19.7. The maximum absolute atomic E-state index is 11.1. The van der Waals surface area contributed by atoms with E-state index in [-0.39, 0.29) is 29.6 Å². The van der Waals surface area contributed by atoms with Crippen LogP contribution in [0.25, 0.3) is 0 Å². The Hall–Kier alpha value is -0.800. The second-order valence-corrected chi connectivity index (χ2v) is 4.00. The molecule has 0 saturated heterocycles. The molecule has 0 atom stereocenters. The number of hydrogen-bond acceptors (Lipinski definition) is 5. The first-order valence-electron chi connectivity index (χ1n) is 3.55. The topological polar surface area (TPSA) is 141 Å². The maximum Gasteiger partial charge on any atom is 1.00 e. The Bertz CT molecular complexity index is 526. The molecule has 0 aliphatic rings. The summed E-state index contributed by atoms with van der Waals surface area (Å²) in [5.41, 5.74) is 3.62. The average molecular weight is 255 g/mol. The number of carboxylic acids is 1. The number of hydrogen-bond donors (Lipinski definition) is 3. The van der Waals surface area contributed by atoms with Crippen LogP contribution in [0.5, 0.6) is 5.75 Å². The second-order valence-electron chi connectivity index (χ2n) is 2.64. The van der Waals surface area contributed by atoms with Gasteiger partial charge in [0.15, 0.2) is 0 Å². The summed E-state index contributed by atoms with van der Waals surface area (Å²) in [6.45, 7) is 0. The molecule has 1 aromatic rings. The molecule has 1 rings (SSSR count). The molecule has 0 heterocycles. The molecule has 7 nitrogen and oxygen atoms in total. The van der Waals surface area contributed by atoms with Crippen molar-refractivity contribution in [3.8, 4) is 5.75 Å². The van der Waals surface area contributed by atoms with E-state index in [0.717, 1.165) is 12.1 Å². The molecular formula is C7H6NNaO6S. The van der Waals surface area contributed by atoms with Crippen molar-refractivity contribution in [1.29, 1.82) is 0 Å². The van der Waals surface area contributed by atoms with Gasteiger partial charge in [-0.25, -0.2) is 4.79 Å². The minimum absolute atomic E-state index is 0. The molecule has 9 heteroatoms. The van der Waals surface area contributed by atoms with E-state index < -0.39 is 38.0 Å². The van der Waals surface area contributed by atoms with Gasteiger partial charge < -0.3 is 15.9 Å². The molecule has 0 unspecified atom stereocenters. The van der Waals surface area contributed by atoms with Gasteiger partial charge in [-0.05, 0) is 6.07 Å². The van der Waals surface area contributed by atoms with E-state index in [1.807, 2.05) is 0 Å². The van der Waals surface area contributed by atoms with E-state index in [4.69, 9.17) is 15.4 Å². The van der Waals surface area contributed by atoms with Gasteiger partial charge in [0.2, 0.25) is 0 Å². The predicted octanol–water partition coefficient (Wildman–Crippen LogP) is -3.71. The summed E-state index contributed by atoms with van der Waals surface area (Å²) in [4.78, 5) is 9.54. The average Bonchev–Trinajstić information content (AvgIpc) is 2.05. The van der Waals surface area contributed by atoms with Crippen molar-refractivity contribution < 1.29 is 57.5 Å². The molecule has 0 fully saturated rings. The first kappa shape index (κ1) is 15.2. The van der Waals surface area contributed by atoms with Crippen LogP contribution in [0.3, 0.4) is 0 Å². The Morgan fingerprint density at radius 1 is 1.38 bits per heavy atom. The minimum atomic E-state index is -4.84. The van der Waals surface area contributed by atoms with Crippen LogP contribution in [0.1, 0.15) is 10.4 Å². The molecule has 0 aliphatic heterocycles. The Labute approximate surface area is 113 Å². The van der Waals surface area contributed by atoms with Gasteiger partial charge in [-0.2, -0.15) is 8.42 Å². The van der Waals surface area contributed by atoms with Crippen LogP contribution in [-0.4, -0.2) is 24.0 Å². The third-order valence-electron chi connectivity index (χ3n) is 1.62. The number of rotatable bonds is 2. The van der Waals surface area contributed by atoms with Crippen LogP contribution in [-0.2, 0) is 10.1 Å². The van der Waals surface area contributed by atoms with Gasteiger partial charge in [0, 0.05) is 0 Å². The van der Waals surface area contributed by atoms with E-state index in [2.05, 4.69) is 0 Å². The first-order chi connectivity index (χ1) is 6.75. The van der Waals surface area contributed by atoms with Gasteiger partial charge in [0.1, 0.15) is 4.90 Å². The zero-order valence-corrected chi connectivity index (χ0v) is 11.0. The number of benzene rings is 1. The molecule has 0 amide bonds. The van der Waals surface area contributed by atoms with Gasteiger partial charge in [0.05, 0.1) is 11.3 Å². The van der Waals surface area contributed by atoms with Crippen LogP contribution in [0.2, 0.25) is 0 Å². The summed E-state index contributed by atoms with van der Waals surface area (Å²) < 4.78 is 30.3. The molecule has 0 saturated carbocycles. The van der Waals surface area contributed by atoms with E-state index in [1.165, 1.54) is 0 Å². The molecular weight excluding hydrogens is 249 g/mol. The van der Waals surface area contributed by atoms with Crippen LogP contribution < -0.4 is 40.4 Å². The summed E-state index contributed by atoms with van der Waals surface area (Å²) in [6, 6.07) is 1.73. The number of nitrogens with two attached hydrogens (primary N) is 1. The zero-order chi connectivity index (χ0) is 11.8. The van der Waals surface area contributed by atoms with Crippen LogP contribution >= 0.6 is 0 Å². The number of nitrogen functional groups attached to an aromatic ring is 1. The van der Waals surface area contributed by atoms with E-state index in [9.17, 15) is 18.3 Å². The van der Waals surface area contributed by atoms with Gasteiger partial charge in [-0.1, -0.05) is 11.8 Å². The molecule has 4 N–H and O–H groups in total. The predicted molar refractivity (Wildman–Crippen MR) is 47.1 cm³/mol. The van der Waals surface area contributed by atoms with Crippen LogP contribution in [0.15, 0.2) is 17.0 Å². The van der Waals surface area contributed by atoms with Crippen molar-refractivity contribution in [2.45, 2.75) is 4.90 Å². The van der Waals surface area contributed by atoms with Crippen molar-refractivity contribution in [1.82, 2.24) is 0 Å².